The Labute approximate surface area is 189 Å². The second kappa shape index (κ2) is 11.9. The molecule has 1 saturated heterocycles. The van der Waals surface area contributed by atoms with Crippen LogP contribution in [0.25, 0.3) is 0 Å². The van der Waals surface area contributed by atoms with Crippen molar-refractivity contribution in [1.29, 1.82) is 0 Å². The average Bonchev–Trinajstić information content (AvgIpc) is 2.80. The molecule has 1 aliphatic heterocycles. The Kier molecular flexibility index (Phi) is 8.96. The number of benzene rings is 1. The summed E-state index contributed by atoms with van der Waals surface area (Å²) in [5, 5.41) is 13.2. The largest absolute Gasteiger partial charge is 0.387 e. The van der Waals surface area contributed by atoms with E-state index in [1.54, 1.807) is 36.3 Å². The zero-order valence-electron chi connectivity index (χ0n) is 18.8. The summed E-state index contributed by atoms with van der Waals surface area (Å²) in [7, 11) is 1.80. The normalized spacial score (nSPS) is 16.0. The highest BCUT2D eigenvalue weighted by Gasteiger charge is 2.24. The summed E-state index contributed by atoms with van der Waals surface area (Å²) >= 11 is 0. The molecule has 1 aliphatic rings. The van der Waals surface area contributed by atoms with E-state index in [2.05, 4.69) is 15.2 Å². The first-order valence-electron chi connectivity index (χ1n) is 11.1. The lowest BCUT2D eigenvalue weighted by Gasteiger charge is -2.34. The zero-order chi connectivity index (χ0) is 22.9. The van der Waals surface area contributed by atoms with Crippen LogP contribution < -0.4 is 5.32 Å². The van der Waals surface area contributed by atoms with E-state index in [1.165, 1.54) is 12.1 Å². The molecule has 3 rings (SSSR count). The minimum absolute atomic E-state index is 0.177. The molecule has 1 unspecified atom stereocenters. The topological polar surface area (TPSA) is 77.9 Å². The number of aliphatic hydroxyl groups is 1. The van der Waals surface area contributed by atoms with Crippen molar-refractivity contribution in [3.8, 4) is 0 Å². The van der Waals surface area contributed by atoms with Crippen molar-refractivity contribution in [2.75, 3.05) is 45.2 Å². The van der Waals surface area contributed by atoms with Crippen molar-refractivity contribution in [3.63, 3.8) is 0 Å². The number of nitrogens with one attached hydrogen (secondary N) is 1. The minimum Gasteiger partial charge on any atom is -0.387 e. The smallest absolute Gasteiger partial charge is 0.322 e. The summed E-state index contributed by atoms with van der Waals surface area (Å²) in [5.74, 6) is 0.627. The van der Waals surface area contributed by atoms with Gasteiger partial charge in [0.25, 0.3) is 0 Å². The van der Waals surface area contributed by atoms with Crippen molar-refractivity contribution in [1.82, 2.24) is 14.8 Å². The van der Waals surface area contributed by atoms with Gasteiger partial charge in [0.1, 0.15) is 11.6 Å². The lowest BCUT2D eigenvalue weighted by molar-refractivity contribution is 0.0852. The fourth-order valence-corrected chi connectivity index (χ4v) is 3.87. The van der Waals surface area contributed by atoms with Gasteiger partial charge in [0.05, 0.1) is 12.7 Å². The number of likely N-dealkylation sites (tertiary alicyclic amines) is 1. The number of urea groups is 1. The van der Waals surface area contributed by atoms with Gasteiger partial charge in [-0.1, -0.05) is 18.2 Å². The molecular formula is C24H33FN4O3. The molecule has 0 spiro atoms. The standard InChI is InChI=1S/C24H33FN4O3/c1-3-32-17-19-4-9-23(26-14-19)27-24(31)28(2)15-18-10-12-29(13-11-18)16-22(30)20-5-7-21(25)8-6-20/h4-9,14,18,22,30H,3,10-13,15-17H2,1-2H3,(H,26,27,31). The number of β-amino-alcohol motifs (C(OH)–C–C–N with tert-alkyl or cyclic N) is 1. The third-order valence-electron chi connectivity index (χ3n) is 5.80. The number of piperidine rings is 1. The van der Waals surface area contributed by atoms with Gasteiger partial charge in [-0.25, -0.2) is 14.2 Å². The molecule has 1 aromatic carbocycles. The van der Waals surface area contributed by atoms with E-state index in [1.807, 2.05) is 13.0 Å². The summed E-state index contributed by atoms with van der Waals surface area (Å²) in [6.07, 6.45) is 2.99. The number of amides is 2. The van der Waals surface area contributed by atoms with Crippen molar-refractivity contribution in [2.24, 2.45) is 5.92 Å². The third kappa shape index (κ3) is 7.25. The van der Waals surface area contributed by atoms with Gasteiger partial charge in [-0.05, 0) is 68.1 Å². The second-order valence-corrected chi connectivity index (χ2v) is 8.31. The van der Waals surface area contributed by atoms with Crippen molar-refractivity contribution in [2.45, 2.75) is 32.5 Å². The van der Waals surface area contributed by atoms with Gasteiger partial charge in [0, 0.05) is 32.9 Å². The van der Waals surface area contributed by atoms with E-state index in [4.69, 9.17) is 4.74 Å². The first-order valence-corrected chi connectivity index (χ1v) is 11.1. The van der Waals surface area contributed by atoms with Crippen molar-refractivity contribution < 1.29 is 19.0 Å². The van der Waals surface area contributed by atoms with E-state index in [0.29, 0.717) is 38.0 Å². The molecule has 0 saturated carbocycles. The van der Waals surface area contributed by atoms with Gasteiger partial charge in [-0.15, -0.1) is 0 Å². The number of anilines is 1. The van der Waals surface area contributed by atoms with Crippen LogP contribution in [0.1, 0.15) is 37.0 Å². The molecule has 7 nitrogen and oxygen atoms in total. The molecule has 0 aliphatic carbocycles. The number of pyridine rings is 1. The van der Waals surface area contributed by atoms with Gasteiger partial charge < -0.3 is 19.6 Å². The molecule has 2 heterocycles. The maximum atomic E-state index is 13.1. The Morgan fingerprint density at radius 3 is 2.62 bits per heavy atom. The highest BCUT2D eigenvalue weighted by Crippen LogP contribution is 2.22. The quantitative estimate of drug-likeness (QED) is 0.617. The monoisotopic (exact) mass is 444 g/mol. The number of hydrogen-bond acceptors (Lipinski definition) is 5. The summed E-state index contributed by atoms with van der Waals surface area (Å²) in [6, 6.07) is 9.50. The molecule has 174 valence electrons. The van der Waals surface area contributed by atoms with Gasteiger partial charge in [0.15, 0.2) is 0 Å². The number of aliphatic hydroxyl groups excluding tert-OH is 1. The SMILES string of the molecule is CCOCc1ccc(NC(=O)N(C)CC2CCN(CC(O)c3ccc(F)cc3)CC2)nc1. The third-order valence-corrected chi connectivity index (χ3v) is 5.80. The Balaban J connectivity index is 1.39. The lowest BCUT2D eigenvalue weighted by atomic mass is 9.95. The number of carbonyl (C=O) groups excluding carboxylic acids is 1. The molecule has 1 atom stereocenters. The summed E-state index contributed by atoms with van der Waals surface area (Å²) in [5.41, 5.74) is 1.69. The van der Waals surface area contributed by atoms with Crippen LogP contribution in [0.5, 0.6) is 0 Å². The fourth-order valence-electron chi connectivity index (χ4n) is 3.87. The van der Waals surface area contributed by atoms with Crippen LogP contribution in [-0.2, 0) is 11.3 Å². The maximum Gasteiger partial charge on any atom is 0.322 e. The summed E-state index contributed by atoms with van der Waals surface area (Å²) in [6.45, 7) is 6.03. The van der Waals surface area contributed by atoms with E-state index in [9.17, 15) is 14.3 Å². The first-order chi connectivity index (χ1) is 15.4. The highest BCUT2D eigenvalue weighted by atomic mass is 19.1. The highest BCUT2D eigenvalue weighted by molar-refractivity contribution is 5.88. The number of aromatic nitrogens is 1. The average molecular weight is 445 g/mol. The number of rotatable bonds is 9. The van der Waals surface area contributed by atoms with Crippen LogP contribution in [-0.4, -0.2) is 65.8 Å². The molecular weight excluding hydrogens is 411 g/mol. The van der Waals surface area contributed by atoms with Crippen LogP contribution in [0.3, 0.4) is 0 Å². The van der Waals surface area contributed by atoms with Gasteiger partial charge in [0.2, 0.25) is 0 Å². The van der Waals surface area contributed by atoms with Gasteiger partial charge in [-0.2, -0.15) is 0 Å². The maximum absolute atomic E-state index is 13.1. The molecule has 2 amide bonds. The van der Waals surface area contributed by atoms with E-state index in [0.717, 1.165) is 37.1 Å². The number of ether oxygens (including phenoxy) is 1. The zero-order valence-corrected chi connectivity index (χ0v) is 18.8. The minimum atomic E-state index is -0.631. The van der Waals surface area contributed by atoms with Crippen molar-refractivity contribution in [3.05, 3.63) is 59.5 Å². The van der Waals surface area contributed by atoms with E-state index >= 15 is 0 Å². The number of halogens is 1. The molecule has 32 heavy (non-hydrogen) atoms. The molecule has 8 heteroatoms. The van der Waals surface area contributed by atoms with Crippen LogP contribution in [0.2, 0.25) is 0 Å². The number of carbonyl (C=O) groups is 1. The summed E-state index contributed by atoms with van der Waals surface area (Å²) in [4.78, 5) is 20.7. The predicted octanol–water partition coefficient (Wildman–Crippen LogP) is 3.67. The molecule has 1 aromatic heterocycles. The number of nitrogens with zero attached hydrogens (tertiary/aromatic N) is 3. The molecule has 0 bridgehead atoms. The Morgan fingerprint density at radius 2 is 2.00 bits per heavy atom. The molecule has 2 aromatic rings. The second-order valence-electron chi connectivity index (χ2n) is 8.31. The fraction of sp³-hybridized carbons (Fsp3) is 0.500. The predicted molar refractivity (Wildman–Crippen MR) is 122 cm³/mol. The molecule has 2 N–H and O–H groups in total. The molecule has 0 radical (unpaired) electrons. The Bertz CT molecular complexity index is 839. The Hall–Kier alpha value is -2.55. The lowest BCUT2D eigenvalue weighted by Crippen LogP contribution is -2.41. The number of hydrogen-bond donors (Lipinski definition) is 2. The van der Waals surface area contributed by atoms with Crippen LogP contribution in [0.15, 0.2) is 42.6 Å². The summed E-state index contributed by atoms with van der Waals surface area (Å²) < 4.78 is 18.4. The van der Waals surface area contributed by atoms with E-state index in [-0.39, 0.29) is 11.8 Å². The van der Waals surface area contributed by atoms with Crippen molar-refractivity contribution >= 4 is 11.8 Å². The van der Waals surface area contributed by atoms with Gasteiger partial charge >= 0.3 is 6.03 Å². The Morgan fingerprint density at radius 1 is 1.28 bits per heavy atom. The van der Waals surface area contributed by atoms with Crippen LogP contribution in [0, 0.1) is 11.7 Å². The first kappa shape index (κ1) is 24.1. The van der Waals surface area contributed by atoms with Crippen LogP contribution in [0.4, 0.5) is 15.0 Å². The molecule has 1 fully saturated rings. The van der Waals surface area contributed by atoms with Gasteiger partial charge in [-0.3, -0.25) is 5.32 Å². The van der Waals surface area contributed by atoms with Crippen LogP contribution >= 0.6 is 0 Å². The van der Waals surface area contributed by atoms with E-state index < -0.39 is 6.10 Å².